The lowest BCUT2D eigenvalue weighted by Gasteiger charge is -2.26. The lowest BCUT2D eigenvalue weighted by Crippen LogP contribution is -2.32. The van der Waals surface area contributed by atoms with Crippen molar-refractivity contribution in [3.8, 4) is 11.5 Å². The van der Waals surface area contributed by atoms with Gasteiger partial charge in [0.05, 0.1) is 22.3 Å². The summed E-state index contributed by atoms with van der Waals surface area (Å²) in [7, 11) is 0. The Morgan fingerprint density at radius 3 is 1.41 bits per heavy atom. The van der Waals surface area contributed by atoms with Gasteiger partial charge in [-0.3, -0.25) is 9.59 Å². The maximum Gasteiger partial charge on any atom is 0.200 e. The second-order valence-corrected chi connectivity index (χ2v) is 7.73. The highest BCUT2D eigenvalue weighted by molar-refractivity contribution is 6.33. The molecule has 2 unspecified atom stereocenters. The van der Waals surface area contributed by atoms with Crippen LogP contribution in [0.1, 0.15) is 44.7 Å². The number of benzene rings is 2. The van der Waals surface area contributed by atoms with Gasteiger partial charge in [0.15, 0.2) is 0 Å². The molecule has 0 bridgehead atoms. The summed E-state index contributed by atoms with van der Waals surface area (Å²) in [5, 5.41) is 44.7. The molecule has 32 heavy (non-hydrogen) atoms. The average Bonchev–Trinajstić information content (AvgIpc) is 2.76. The van der Waals surface area contributed by atoms with Gasteiger partial charge in [-0.25, -0.2) is 0 Å². The Hall–Kier alpha value is -3.18. The van der Waals surface area contributed by atoms with E-state index in [-0.39, 0.29) is 60.6 Å². The van der Waals surface area contributed by atoms with Gasteiger partial charge in [-0.15, -0.1) is 0 Å². The number of rotatable bonds is 10. The van der Waals surface area contributed by atoms with E-state index in [1.165, 1.54) is 0 Å². The van der Waals surface area contributed by atoms with Gasteiger partial charge in [0, 0.05) is 49.8 Å². The van der Waals surface area contributed by atoms with Crippen LogP contribution in [0.4, 0.5) is 11.4 Å². The maximum absolute atomic E-state index is 13.4. The fourth-order valence-electron chi connectivity index (χ4n) is 3.68. The smallest absolute Gasteiger partial charge is 0.200 e. The van der Waals surface area contributed by atoms with Crippen molar-refractivity contribution in [1.29, 1.82) is 0 Å². The van der Waals surface area contributed by atoms with Crippen molar-refractivity contribution in [3.05, 3.63) is 46.5 Å². The Labute approximate surface area is 184 Å². The zero-order chi connectivity index (χ0) is 23.4. The number of aromatic hydroxyl groups is 2. The molecule has 1 aliphatic carbocycles. The second kappa shape index (κ2) is 9.96. The van der Waals surface area contributed by atoms with Crippen molar-refractivity contribution >= 4 is 22.9 Å². The minimum Gasteiger partial charge on any atom is -0.507 e. The molecule has 10 N–H and O–H groups in total. The molecule has 0 aliphatic heterocycles. The average molecular weight is 444 g/mol. The third kappa shape index (κ3) is 4.53. The molecule has 2 aromatic carbocycles. The number of carbonyl (C=O) groups excluding carboxylic acids is 2. The molecule has 0 amide bonds. The van der Waals surface area contributed by atoms with Gasteiger partial charge < -0.3 is 42.5 Å². The van der Waals surface area contributed by atoms with E-state index in [4.69, 9.17) is 21.7 Å². The van der Waals surface area contributed by atoms with Crippen molar-refractivity contribution in [2.45, 2.75) is 24.9 Å². The molecule has 0 heterocycles. The molecular weight excluding hydrogens is 416 g/mol. The van der Waals surface area contributed by atoms with Crippen LogP contribution in [0.15, 0.2) is 24.3 Å². The van der Waals surface area contributed by atoms with Crippen LogP contribution in [0.2, 0.25) is 0 Å². The molecule has 10 nitrogen and oxygen atoms in total. The number of ketones is 2. The van der Waals surface area contributed by atoms with Gasteiger partial charge in [0.1, 0.15) is 11.5 Å². The fourth-order valence-corrected chi connectivity index (χ4v) is 3.68. The van der Waals surface area contributed by atoms with Gasteiger partial charge in [0.2, 0.25) is 11.6 Å². The first-order chi connectivity index (χ1) is 15.3. The number of aliphatic hydroxyl groups excluding tert-OH is 2. The Morgan fingerprint density at radius 2 is 1.06 bits per heavy atom. The molecule has 2 aromatic rings. The van der Waals surface area contributed by atoms with Crippen LogP contribution >= 0.6 is 0 Å². The van der Waals surface area contributed by atoms with E-state index in [1.54, 1.807) is 12.1 Å². The molecular formula is C22H28N4O6. The molecule has 2 atom stereocenters. The summed E-state index contributed by atoms with van der Waals surface area (Å²) in [4.78, 5) is 26.8. The number of anilines is 2. The van der Waals surface area contributed by atoms with E-state index in [0.29, 0.717) is 24.2 Å². The van der Waals surface area contributed by atoms with E-state index in [1.807, 2.05) is 0 Å². The fraction of sp³-hybridized carbons (Fsp3) is 0.364. The molecule has 0 saturated heterocycles. The Bertz CT molecular complexity index is 946. The van der Waals surface area contributed by atoms with Gasteiger partial charge in [-0.05, 0) is 37.1 Å². The molecule has 10 heteroatoms. The number of carbonyl (C=O) groups is 2. The number of phenolic OH excluding ortho intramolecular Hbond substituents is 2. The van der Waals surface area contributed by atoms with Crippen molar-refractivity contribution < 1.29 is 30.0 Å². The zero-order valence-electron chi connectivity index (χ0n) is 17.5. The lowest BCUT2D eigenvalue weighted by atomic mass is 9.81. The Morgan fingerprint density at radius 1 is 0.688 bits per heavy atom. The molecule has 0 radical (unpaired) electrons. The minimum atomic E-state index is -0.621. The Kier molecular flexibility index (Phi) is 7.31. The van der Waals surface area contributed by atoms with Gasteiger partial charge in [0.25, 0.3) is 0 Å². The Balaban J connectivity index is 2.08. The highest BCUT2D eigenvalue weighted by atomic mass is 16.3. The lowest BCUT2D eigenvalue weighted by molar-refractivity contribution is 0.0975. The summed E-state index contributed by atoms with van der Waals surface area (Å²) in [5.41, 5.74) is 12.1. The van der Waals surface area contributed by atoms with Crippen LogP contribution in [0.3, 0.4) is 0 Å². The van der Waals surface area contributed by atoms with Crippen LogP contribution in [0.25, 0.3) is 0 Å². The summed E-state index contributed by atoms with van der Waals surface area (Å²) in [5.74, 6) is -2.06. The first kappa shape index (κ1) is 23.5. The number of nitrogens with one attached hydrogen (secondary N) is 2. The normalized spacial score (nSPS) is 14.5. The second-order valence-electron chi connectivity index (χ2n) is 7.73. The van der Waals surface area contributed by atoms with Crippen LogP contribution in [-0.2, 0) is 0 Å². The number of nitrogens with two attached hydrogens (primary N) is 2. The summed E-state index contributed by atoms with van der Waals surface area (Å²) in [6, 6.07) is 4.77. The predicted molar refractivity (Wildman–Crippen MR) is 119 cm³/mol. The highest BCUT2D eigenvalue weighted by Gasteiger charge is 2.38. The van der Waals surface area contributed by atoms with Crippen molar-refractivity contribution in [1.82, 2.24) is 0 Å². The van der Waals surface area contributed by atoms with Gasteiger partial charge in [-0.2, -0.15) is 0 Å². The number of hydrogen-bond donors (Lipinski definition) is 8. The molecule has 0 saturated carbocycles. The molecule has 0 aromatic heterocycles. The predicted octanol–water partition coefficient (Wildman–Crippen LogP) is 0.116. The van der Waals surface area contributed by atoms with Gasteiger partial charge in [-0.1, -0.05) is 0 Å². The van der Waals surface area contributed by atoms with E-state index in [2.05, 4.69) is 10.6 Å². The zero-order valence-corrected chi connectivity index (χ0v) is 17.5. The standard InChI is InChI=1S/C22H28N4O6/c23-11(5-7-27)9-25-13-1-2-14(26-10-12(24)6-8-28)18-17(13)21(31)19-15(29)3-4-16(30)20(19)22(18)32/h1-4,11-12,25-30H,5-10,23-24H2. The number of fused-ring (bicyclic) bond motifs is 2. The highest BCUT2D eigenvalue weighted by Crippen LogP contribution is 2.42. The third-order valence-electron chi connectivity index (χ3n) is 5.38. The third-order valence-corrected chi connectivity index (χ3v) is 5.38. The minimum absolute atomic E-state index is 0.0420. The number of hydrogen-bond acceptors (Lipinski definition) is 10. The van der Waals surface area contributed by atoms with E-state index < -0.39 is 23.1 Å². The topological polar surface area (TPSA) is 191 Å². The van der Waals surface area contributed by atoms with Crippen molar-refractivity contribution in [3.63, 3.8) is 0 Å². The van der Waals surface area contributed by atoms with Gasteiger partial charge >= 0.3 is 0 Å². The molecule has 0 spiro atoms. The number of phenols is 2. The maximum atomic E-state index is 13.4. The first-order valence-electron chi connectivity index (χ1n) is 10.3. The largest absolute Gasteiger partial charge is 0.507 e. The van der Waals surface area contributed by atoms with Crippen molar-refractivity contribution in [2.75, 3.05) is 36.9 Å². The van der Waals surface area contributed by atoms with E-state index in [0.717, 1.165) is 12.1 Å². The molecule has 172 valence electrons. The summed E-state index contributed by atoms with van der Waals surface area (Å²) < 4.78 is 0. The monoisotopic (exact) mass is 444 g/mol. The van der Waals surface area contributed by atoms with E-state index >= 15 is 0 Å². The SMILES string of the molecule is NC(CCO)CNc1ccc(NCC(N)CCO)c2c1C(=O)c1c(O)ccc(O)c1C2=O. The van der Waals surface area contributed by atoms with Crippen molar-refractivity contribution in [2.24, 2.45) is 11.5 Å². The van der Waals surface area contributed by atoms with Crippen LogP contribution < -0.4 is 22.1 Å². The first-order valence-corrected chi connectivity index (χ1v) is 10.3. The van der Waals surface area contributed by atoms with Crippen LogP contribution in [-0.4, -0.2) is 70.4 Å². The van der Waals surface area contributed by atoms with Crippen LogP contribution in [0, 0.1) is 0 Å². The summed E-state index contributed by atoms with van der Waals surface area (Å²) in [6.45, 7) is 0.300. The quantitative estimate of drug-likeness (QED) is 0.199. The molecule has 0 fully saturated rings. The summed E-state index contributed by atoms with van der Waals surface area (Å²) in [6.07, 6.45) is 0.698. The molecule has 3 rings (SSSR count). The number of aliphatic hydroxyl groups is 2. The van der Waals surface area contributed by atoms with E-state index in [9.17, 15) is 19.8 Å². The molecule has 1 aliphatic rings. The summed E-state index contributed by atoms with van der Waals surface area (Å²) >= 11 is 0. The van der Waals surface area contributed by atoms with Crippen LogP contribution in [0.5, 0.6) is 11.5 Å².